The summed E-state index contributed by atoms with van der Waals surface area (Å²) in [4.78, 5) is 8.79. The second-order valence-electron chi connectivity index (χ2n) is 4.21. The summed E-state index contributed by atoms with van der Waals surface area (Å²) in [5.41, 5.74) is 8.27. The predicted octanol–water partition coefficient (Wildman–Crippen LogP) is 4.34. The number of thiophene rings is 1. The van der Waals surface area contributed by atoms with Crippen LogP contribution in [0.5, 0.6) is 0 Å². The smallest absolute Gasteiger partial charge is 0.141 e. The largest absolute Gasteiger partial charge is 0.390 e. The summed E-state index contributed by atoms with van der Waals surface area (Å²) in [5.74, 6) is 0.371. The summed E-state index contributed by atoms with van der Waals surface area (Å²) in [6, 6.07) is 5.12. The third-order valence-electron chi connectivity index (χ3n) is 2.94. The van der Waals surface area contributed by atoms with Gasteiger partial charge in [0.25, 0.3) is 0 Å². The lowest BCUT2D eigenvalue weighted by atomic mass is 10.2. The van der Waals surface area contributed by atoms with E-state index in [1.165, 1.54) is 10.9 Å². The van der Waals surface area contributed by atoms with Gasteiger partial charge in [-0.1, -0.05) is 6.92 Å². The summed E-state index contributed by atoms with van der Waals surface area (Å²) in [6.07, 6.45) is 0.940. The maximum Gasteiger partial charge on any atom is 0.141 e. The lowest BCUT2D eigenvalue weighted by Gasteiger charge is -1.92. The number of imidazole rings is 1. The molecule has 1 aromatic carbocycles. The van der Waals surface area contributed by atoms with Crippen molar-refractivity contribution < 1.29 is 4.39 Å². The van der Waals surface area contributed by atoms with Gasteiger partial charge >= 0.3 is 0 Å². The third kappa shape index (κ3) is 2.15. The van der Waals surface area contributed by atoms with Gasteiger partial charge in [-0.15, -0.1) is 11.3 Å². The first-order chi connectivity index (χ1) is 9.08. The Hall–Kier alpha value is -1.40. The number of hydrogen-bond acceptors (Lipinski definition) is 3. The molecule has 3 aromatic rings. The fourth-order valence-corrected chi connectivity index (χ4v) is 3.15. The van der Waals surface area contributed by atoms with E-state index in [-0.39, 0.29) is 5.82 Å². The van der Waals surface area contributed by atoms with Gasteiger partial charge in [-0.25, -0.2) is 9.37 Å². The highest BCUT2D eigenvalue weighted by Crippen LogP contribution is 2.34. The number of H-pyrrole nitrogens is 1. The van der Waals surface area contributed by atoms with Crippen molar-refractivity contribution in [3.63, 3.8) is 0 Å². The molecule has 2 heterocycles. The Morgan fingerprint density at radius 2 is 2.21 bits per heavy atom. The highest BCUT2D eigenvalue weighted by molar-refractivity contribution is 9.10. The van der Waals surface area contributed by atoms with Crippen LogP contribution in [0, 0.1) is 5.82 Å². The fourth-order valence-electron chi connectivity index (χ4n) is 1.95. The minimum atomic E-state index is -0.310. The molecule has 19 heavy (non-hydrogen) atoms. The zero-order valence-electron chi connectivity index (χ0n) is 10.1. The molecule has 98 valence electrons. The van der Waals surface area contributed by atoms with Gasteiger partial charge in [0.2, 0.25) is 0 Å². The van der Waals surface area contributed by atoms with E-state index in [4.69, 9.17) is 5.73 Å². The zero-order valence-corrected chi connectivity index (χ0v) is 12.5. The van der Waals surface area contributed by atoms with Gasteiger partial charge in [-0.2, -0.15) is 0 Å². The SMILES string of the molecule is CCc1cc(-c2nc3cc(Br)c(F)cc3[nH]2)c(N)s1. The highest BCUT2D eigenvalue weighted by atomic mass is 79.9. The van der Waals surface area contributed by atoms with Crippen LogP contribution in [0.2, 0.25) is 0 Å². The van der Waals surface area contributed by atoms with E-state index in [1.807, 2.05) is 6.07 Å². The van der Waals surface area contributed by atoms with Gasteiger partial charge in [0, 0.05) is 10.9 Å². The van der Waals surface area contributed by atoms with Crippen LogP contribution in [0.15, 0.2) is 22.7 Å². The molecule has 0 fully saturated rings. The summed E-state index contributed by atoms with van der Waals surface area (Å²) in [6.45, 7) is 2.08. The number of nitrogens with zero attached hydrogens (tertiary/aromatic N) is 1. The number of hydrogen-bond donors (Lipinski definition) is 2. The van der Waals surface area contributed by atoms with Crippen molar-refractivity contribution in [2.45, 2.75) is 13.3 Å². The Balaban J connectivity index is 2.17. The van der Waals surface area contributed by atoms with Crippen molar-refractivity contribution in [1.29, 1.82) is 0 Å². The number of aromatic amines is 1. The van der Waals surface area contributed by atoms with Gasteiger partial charge in [-0.05, 0) is 34.5 Å². The Bertz CT molecular complexity index is 724. The Labute approximate surface area is 121 Å². The minimum Gasteiger partial charge on any atom is -0.390 e. The maximum absolute atomic E-state index is 13.5. The first kappa shape index (κ1) is 12.6. The van der Waals surface area contributed by atoms with E-state index in [0.717, 1.165) is 17.0 Å². The molecule has 0 radical (unpaired) electrons. The molecule has 2 aromatic heterocycles. The number of aryl methyl sites for hydroxylation is 1. The first-order valence-electron chi connectivity index (χ1n) is 5.81. The van der Waals surface area contributed by atoms with Crippen LogP contribution < -0.4 is 5.73 Å². The van der Waals surface area contributed by atoms with Crippen molar-refractivity contribution in [2.24, 2.45) is 0 Å². The third-order valence-corrected chi connectivity index (χ3v) is 4.66. The molecule has 0 bridgehead atoms. The molecular weight excluding hydrogens is 329 g/mol. The van der Waals surface area contributed by atoms with Crippen LogP contribution in [0.1, 0.15) is 11.8 Å². The lowest BCUT2D eigenvalue weighted by molar-refractivity contribution is 0.623. The molecule has 0 aliphatic carbocycles. The molecule has 0 aliphatic heterocycles. The topological polar surface area (TPSA) is 54.7 Å². The number of nitrogen functional groups attached to an aromatic ring is 1. The van der Waals surface area contributed by atoms with Crippen LogP contribution >= 0.6 is 27.3 Å². The van der Waals surface area contributed by atoms with Crippen LogP contribution in [-0.2, 0) is 6.42 Å². The number of nitrogens with two attached hydrogens (primary N) is 1. The van der Waals surface area contributed by atoms with Crippen molar-refractivity contribution in [3.8, 4) is 11.4 Å². The predicted molar refractivity (Wildman–Crippen MR) is 80.9 cm³/mol. The van der Waals surface area contributed by atoms with E-state index >= 15 is 0 Å². The van der Waals surface area contributed by atoms with E-state index in [2.05, 4.69) is 32.8 Å². The number of rotatable bonds is 2. The second kappa shape index (κ2) is 4.61. The van der Waals surface area contributed by atoms with Crippen LogP contribution in [0.3, 0.4) is 0 Å². The summed E-state index contributed by atoms with van der Waals surface area (Å²) >= 11 is 4.72. The van der Waals surface area contributed by atoms with Gasteiger partial charge in [0.1, 0.15) is 11.6 Å². The van der Waals surface area contributed by atoms with E-state index in [9.17, 15) is 4.39 Å². The lowest BCUT2D eigenvalue weighted by Crippen LogP contribution is -1.84. The average molecular weight is 340 g/mol. The summed E-state index contributed by atoms with van der Waals surface area (Å²) in [5, 5.41) is 0.732. The van der Waals surface area contributed by atoms with Crippen molar-refractivity contribution >= 4 is 43.3 Å². The molecule has 0 unspecified atom stereocenters. The Kier molecular flexibility index (Phi) is 3.06. The molecule has 0 amide bonds. The zero-order chi connectivity index (χ0) is 13.6. The normalized spacial score (nSPS) is 11.3. The van der Waals surface area contributed by atoms with Crippen LogP contribution in [0.4, 0.5) is 9.39 Å². The van der Waals surface area contributed by atoms with Crippen molar-refractivity contribution in [2.75, 3.05) is 5.73 Å². The molecular formula is C13H11BrFN3S. The molecule has 0 atom stereocenters. The molecule has 0 aliphatic rings. The molecule has 0 spiro atoms. The maximum atomic E-state index is 13.5. The number of fused-ring (bicyclic) bond motifs is 1. The fraction of sp³-hybridized carbons (Fsp3) is 0.154. The van der Waals surface area contributed by atoms with E-state index in [1.54, 1.807) is 17.4 Å². The van der Waals surface area contributed by atoms with Crippen LogP contribution in [0.25, 0.3) is 22.4 Å². The highest BCUT2D eigenvalue weighted by Gasteiger charge is 2.13. The molecule has 6 heteroatoms. The summed E-state index contributed by atoms with van der Waals surface area (Å²) in [7, 11) is 0. The molecule has 0 saturated heterocycles. The minimum absolute atomic E-state index is 0.310. The number of aromatic nitrogens is 2. The summed E-state index contributed by atoms with van der Waals surface area (Å²) < 4.78 is 13.9. The second-order valence-corrected chi connectivity index (χ2v) is 6.24. The average Bonchev–Trinajstić information content (AvgIpc) is 2.93. The quantitative estimate of drug-likeness (QED) is 0.729. The van der Waals surface area contributed by atoms with Crippen molar-refractivity contribution in [1.82, 2.24) is 9.97 Å². The Morgan fingerprint density at radius 1 is 1.42 bits per heavy atom. The van der Waals surface area contributed by atoms with Gasteiger partial charge in [0.05, 0.1) is 26.1 Å². The molecule has 3 rings (SSSR count). The van der Waals surface area contributed by atoms with Gasteiger partial charge in [0.15, 0.2) is 0 Å². The monoisotopic (exact) mass is 339 g/mol. The molecule has 0 saturated carbocycles. The van der Waals surface area contributed by atoms with E-state index < -0.39 is 0 Å². The molecule has 3 N–H and O–H groups in total. The Morgan fingerprint density at radius 3 is 2.89 bits per heavy atom. The van der Waals surface area contributed by atoms with Gasteiger partial charge < -0.3 is 10.7 Å². The van der Waals surface area contributed by atoms with E-state index in [0.29, 0.717) is 21.3 Å². The number of halogens is 2. The van der Waals surface area contributed by atoms with Gasteiger partial charge in [-0.3, -0.25) is 0 Å². The first-order valence-corrected chi connectivity index (χ1v) is 7.42. The number of anilines is 1. The van der Waals surface area contributed by atoms with Crippen LogP contribution in [-0.4, -0.2) is 9.97 Å². The standard InChI is InChI=1S/C13H11BrFN3S/c1-2-6-3-7(12(16)19-6)13-17-10-4-8(14)9(15)5-11(10)18-13/h3-5H,2,16H2,1H3,(H,17,18). The molecule has 3 nitrogen and oxygen atoms in total. The number of nitrogens with one attached hydrogen (secondary N) is 1. The number of benzene rings is 1. The van der Waals surface area contributed by atoms with Crippen molar-refractivity contribution in [3.05, 3.63) is 33.4 Å².